The van der Waals surface area contributed by atoms with Crippen molar-refractivity contribution in [2.24, 2.45) is 0 Å². The van der Waals surface area contributed by atoms with Gasteiger partial charge in [-0.25, -0.2) is 0 Å². The molecular weight excluding hydrogens is 308 g/mol. The maximum Gasteiger partial charge on any atom is 0.313 e. The molecule has 2 rings (SSSR count). The fourth-order valence-corrected chi connectivity index (χ4v) is 2.62. The minimum Gasteiger partial charge on any atom is -0.379 e. The van der Waals surface area contributed by atoms with E-state index in [4.69, 9.17) is 4.74 Å². The van der Waals surface area contributed by atoms with Gasteiger partial charge in [-0.1, -0.05) is 12.1 Å². The summed E-state index contributed by atoms with van der Waals surface area (Å²) in [5.74, 6) is -1.28. The van der Waals surface area contributed by atoms with Gasteiger partial charge in [0.25, 0.3) is 0 Å². The summed E-state index contributed by atoms with van der Waals surface area (Å²) >= 11 is 0. The molecule has 24 heavy (non-hydrogen) atoms. The van der Waals surface area contributed by atoms with Crippen molar-refractivity contribution in [1.82, 2.24) is 10.2 Å². The molecule has 1 aliphatic heterocycles. The van der Waals surface area contributed by atoms with Gasteiger partial charge in [-0.3, -0.25) is 14.5 Å². The van der Waals surface area contributed by atoms with Gasteiger partial charge in [-0.05, 0) is 19.1 Å². The monoisotopic (exact) mass is 334 g/mol. The molecule has 0 aromatic heterocycles. The maximum atomic E-state index is 12.1. The van der Waals surface area contributed by atoms with E-state index in [0.717, 1.165) is 18.8 Å². The summed E-state index contributed by atoms with van der Waals surface area (Å²) in [6.07, 6.45) is 0. The molecule has 1 fully saturated rings. The Bertz CT molecular complexity index is 571. The normalized spacial score (nSPS) is 16.3. The first-order valence-corrected chi connectivity index (χ1v) is 8.16. The lowest BCUT2D eigenvalue weighted by Gasteiger charge is -2.32. The number of hydrogen-bond donors (Lipinski definition) is 2. The third kappa shape index (κ3) is 4.94. The van der Waals surface area contributed by atoms with Gasteiger partial charge in [-0.15, -0.1) is 0 Å². The summed E-state index contributed by atoms with van der Waals surface area (Å²) in [5, 5.41) is 5.37. The van der Waals surface area contributed by atoms with Gasteiger partial charge in [0, 0.05) is 39.8 Å². The van der Waals surface area contributed by atoms with E-state index in [-0.39, 0.29) is 6.04 Å². The summed E-state index contributed by atoms with van der Waals surface area (Å²) in [5.41, 5.74) is 1.46. The average Bonchev–Trinajstić information content (AvgIpc) is 2.60. The van der Waals surface area contributed by atoms with Crippen molar-refractivity contribution in [2.45, 2.75) is 13.0 Å². The average molecular weight is 334 g/mol. The quantitative estimate of drug-likeness (QED) is 0.769. The number of para-hydroxylation sites is 2. The van der Waals surface area contributed by atoms with Crippen LogP contribution in [-0.2, 0) is 14.3 Å². The van der Waals surface area contributed by atoms with Crippen LogP contribution in [0.15, 0.2) is 24.3 Å². The highest BCUT2D eigenvalue weighted by Crippen LogP contribution is 2.23. The van der Waals surface area contributed by atoms with Crippen LogP contribution in [0, 0.1) is 0 Å². The van der Waals surface area contributed by atoms with Crippen molar-refractivity contribution >= 4 is 23.2 Å². The molecule has 7 heteroatoms. The van der Waals surface area contributed by atoms with Crippen molar-refractivity contribution in [2.75, 3.05) is 57.2 Å². The molecule has 1 aromatic carbocycles. The zero-order valence-electron chi connectivity index (χ0n) is 14.5. The predicted octanol–water partition coefficient (Wildman–Crippen LogP) is 0.528. The Morgan fingerprint density at radius 2 is 1.88 bits per heavy atom. The third-order valence-corrected chi connectivity index (χ3v) is 4.07. The van der Waals surface area contributed by atoms with Gasteiger partial charge in [0.15, 0.2) is 0 Å². The molecule has 1 saturated heterocycles. The van der Waals surface area contributed by atoms with Crippen molar-refractivity contribution in [1.29, 1.82) is 0 Å². The van der Waals surface area contributed by atoms with E-state index in [1.165, 1.54) is 0 Å². The van der Waals surface area contributed by atoms with Crippen molar-refractivity contribution in [3.63, 3.8) is 0 Å². The summed E-state index contributed by atoms with van der Waals surface area (Å²) in [6.45, 7) is 5.57. The first-order chi connectivity index (χ1) is 11.5. The van der Waals surface area contributed by atoms with Gasteiger partial charge in [0.1, 0.15) is 0 Å². The highest BCUT2D eigenvalue weighted by Gasteiger charge is 2.20. The van der Waals surface area contributed by atoms with Crippen LogP contribution in [0.5, 0.6) is 0 Å². The Morgan fingerprint density at radius 1 is 1.21 bits per heavy atom. The summed E-state index contributed by atoms with van der Waals surface area (Å²) in [4.78, 5) is 28.3. The summed E-state index contributed by atoms with van der Waals surface area (Å²) in [6, 6.07) is 7.53. The fraction of sp³-hybridized carbons (Fsp3) is 0.529. The van der Waals surface area contributed by atoms with Crippen LogP contribution in [0.25, 0.3) is 0 Å². The van der Waals surface area contributed by atoms with E-state index < -0.39 is 11.8 Å². The minimum absolute atomic E-state index is 0.166. The van der Waals surface area contributed by atoms with Crippen LogP contribution >= 0.6 is 0 Å². The maximum absolute atomic E-state index is 12.1. The molecule has 0 spiro atoms. The SMILES string of the molecule is CC(CNC(=O)C(=O)Nc1ccccc1N(C)C)N1CCOCC1. The Hall–Kier alpha value is -2.12. The molecule has 0 saturated carbocycles. The van der Waals surface area contributed by atoms with Gasteiger partial charge in [0.05, 0.1) is 24.6 Å². The van der Waals surface area contributed by atoms with Crippen LogP contribution in [-0.4, -0.2) is 69.7 Å². The highest BCUT2D eigenvalue weighted by atomic mass is 16.5. The first kappa shape index (κ1) is 18.2. The molecule has 132 valence electrons. The largest absolute Gasteiger partial charge is 0.379 e. The number of morpholine rings is 1. The van der Waals surface area contributed by atoms with Crippen LogP contribution in [0.3, 0.4) is 0 Å². The number of hydrogen-bond acceptors (Lipinski definition) is 5. The van der Waals surface area contributed by atoms with Crippen molar-refractivity contribution < 1.29 is 14.3 Å². The van der Waals surface area contributed by atoms with Crippen LogP contribution < -0.4 is 15.5 Å². The van der Waals surface area contributed by atoms with E-state index >= 15 is 0 Å². The number of nitrogens with zero attached hydrogens (tertiary/aromatic N) is 2. The number of carbonyl (C=O) groups is 2. The second-order valence-electron chi connectivity index (χ2n) is 6.07. The zero-order valence-corrected chi connectivity index (χ0v) is 14.5. The Labute approximate surface area is 142 Å². The molecule has 0 bridgehead atoms. The number of nitrogens with one attached hydrogen (secondary N) is 2. The topological polar surface area (TPSA) is 73.9 Å². The Kier molecular flexibility index (Phi) is 6.57. The van der Waals surface area contributed by atoms with Gasteiger partial charge < -0.3 is 20.3 Å². The molecule has 0 aliphatic carbocycles. The van der Waals surface area contributed by atoms with Crippen molar-refractivity contribution in [3.05, 3.63) is 24.3 Å². The number of benzene rings is 1. The zero-order chi connectivity index (χ0) is 17.5. The highest BCUT2D eigenvalue weighted by molar-refractivity contribution is 6.39. The van der Waals surface area contributed by atoms with E-state index in [1.807, 2.05) is 44.1 Å². The molecule has 1 aromatic rings. The van der Waals surface area contributed by atoms with E-state index in [1.54, 1.807) is 6.07 Å². The molecule has 2 N–H and O–H groups in total. The number of carbonyl (C=O) groups excluding carboxylic acids is 2. The molecule has 0 radical (unpaired) electrons. The van der Waals surface area contributed by atoms with Gasteiger partial charge in [0.2, 0.25) is 0 Å². The minimum atomic E-state index is -0.654. The predicted molar refractivity (Wildman–Crippen MR) is 94.3 cm³/mol. The number of rotatable bonds is 5. The lowest BCUT2D eigenvalue weighted by atomic mass is 10.2. The summed E-state index contributed by atoms with van der Waals surface area (Å²) < 4.78 is 5.31. The van der Waals surface area contributed by atoms with E-state index in [2.05, 4.69) is 15.5 Å². The smallest absolute Gasteiger partial charge is 0.313 e. The number of ether oxygens (including phenoxy) is 1. The molecule has 1 aliphatic rings. The van der Waals surface area contributed by atoms with Crippen molar-refractivity contribution in [3.8, 4) is 0 Å². The van der Waals surface area contributed by atoms with Gasteiger partial charge in [-0.2, -0.15) is 0 Å². The van der Waals surface area contributed by atoms with E-state index in [0.29, 0.717) is 25.4 Å². The third-order valence-electron chi connectivity index (χ3n) is 4.07. The standard InChI is InChI=1S/C17H26N4O3/c1-13(21-8-10-24-11-9-21)12-18-16(22)17(23)19-14-6-4-5-7-15(14)20(2)3/h4-7,13H,8-12H2,1-3H3,(H,18,22)(H,19,23). The van der Waals surface area contributed by atoms with Crippen LogP contribution in [0.2, 0.25) is 0 Å². The number of amides is 2. The van der Waals surface area contributed by atoms with E-state index in [9.17, 15) is 9.59 Å². The molecule has 2 amide bonds. The second-order valence-corrected chi connectivity index (χ2v) is 6.07. The van der Waals surface area contributed by atoms with Crippen LogP contribution in [0.4, 0.5) is 11.4 Å². The molecular formula is C17H26N4O3. The molecule has 7 nitrogen and oxygen atoms in total. The summed E-state index contributed by atoms with van der Waals surface area (Å²) in [7, 11) is 3.77. The first-order valence-electron chi connectivity index (χ1n) is 8.16. The molecule has 1 unspecified atom stereocenters. The molecule has 1 atom stereocenters. The fourth-order valence-electron chi connectivity index (χ4n) is 2.62. The van der Waals surface area contributed by atoms with Crippen LogP contribution in [0.1, 0.15) is 6.92 Å². The Morgan fingerprint density at radius 3 is 2.54 bits per heavy atom. The lowest BCUT2D eigenvalue weighted by Crippen LogP contribution is -2.48. The number of anilines is 2. The van der Waals surface area contributed by atoms with Gasteiger partial charge >= 0.3 is 11.8 Å². The molecule has 1 heterocycles. The second kappa shape index (κ2) is 8.65. The Balaban J connectivity index is 1.85. The lowest BCUT2D eigenvalue weighted by molar-refractivity contribution is -0.136.